The van der Waals surface area contributed by atoms with Crippen molar-refractivity contribution in [1.82, 2.24) is 10.3 Å². The van der Waals surface area contributed by atoms with Crippen LogP contribution < -0.4 is 15.5 Å². The van der Waals surface area contributed by atoms with Crippen molar-refractivity contribution in [2.75, 3.05) is 10.2 Å². The summed E-state index contributed by atoms with van der Waals surface area (Å²) in [5.74, 6) is -0.950. The van der Waals surface area contributed by atoms with Gasteiger partial charge in [-0.15, -0.1) is 0 Å². The van der Waals surface area contributed by atoms with Gasteiger partial charge in [-0.05, 0) is 55.0 Å². The number of aromatic nitrogens is 1. The molecule has 3 amide bonds. The number of nitrogens with one attached hydrogen (secondary N) is 2. The van der Waals surface area contributed by atoms with Crippen LogP contribution in [0, 0.1) is 12.7 Å². The Morgan fingerprint density at radius 3 is 2.46 bits per heavy atom. The molecule has 2 N–H and O–H groups in total. The number of benzodiazepines with no additional fused rings is 1. The second-order valence-electron chi connectivity index (χ2n) is 8.59. The third-order valence-electron chi connectivity index (χ3n) is 5.93. The van der Waals surface area contributed by atoms with Crippen LogP contribution in [-0.4, -0.2) is 28.8 Å². The van der Waals surface area contributed by atoms with Gasteiger partial charge < -0.3 is 15.5 Å². The minimum Gasteiger partial charge on any atom is -0.308 e. The molecule has 1 atom stereocenters. The summed E-state index contributed by atoms with van der Waals surface area (Å²) in [7, 11) is 0. The van der Waals surface area contributed by atoms with Crippen molar-refractivity contribution >= 4 is 29.0 Å². The Bertz CT molecular complexity index is 1490. The number of fused-ring (bicyclic) bond motifs is 1. The van der Waals surface area contributed by atoms with Crippen LogP contribution in [0.1, 0.15) is 22.4 Å². The summed E-state index contributed by atoms with van der Waals surface area (Å²) in [5, 5.41) is 5.42. The quantitative estimate of drug-likeness (QED) is 0.407. The standard InChI is InChI=1S/C29H24FN5O2/c1-19-9-8-11-20(17-19)32-29(37)34-27-28(36)35(18-21-10-6-7-16-31-21)25-15-5-3-13-23(25)26(33-27)22-12-2-4-14-24(22)30/h2-17,27H,18H2,1H3,(H2,32,34,37). The first-order valence-corrected chi connectivity index (χ1v) is 11.8. The monoisotopic (exact) mass is 493 g/mol. The van der Waals surface area contributed by atoms with Gasteiger partial charge in [0.15, 0.2) is 0 Å². The number of para-hydroxylation sites is 1. The smallest absolute Gasteiger partial charge is 0.308 e. The van der Waals surface area contributed by atoms with E-state index in [4.69, 9.17) is 0 Å². The molecule has 2 heterocycles. The van der Waals surface area contributed by atoms with Crippen molar-refractivity contribution in [3.8, 4) is 0 Å². The lowest BCUT2D eigenvalue weighted by atomic mass is 9.99. The first kappa shape index (κ1) is 23.9. The number of hydrogen-bond donors (Lipinski definition) is 2. The zero-order valence-corrected chi connectivity index (χ0v) is 20.1. The molecule has 0 fully saturated rings. The Balaban J connectivity index is 1.57. The maximum Gasteiger partial charge on any atom is 0.321 e. The zero-order valence-electron chi connectivity index (χ0n) is 20.1. The van der Waals surface area contributed by atoms with Gasteiger partial charge in [0, 0.05) is 23.0 Å². The van der Waals surface area contributed by atoms with Crippen LogP contribution in [0.2, 0.25) is 0 Å². The molecular formula is C29H24FN5O2. The molecule has 0 saturated carbocycles. The van der Waals surface area contributed by atoms with Crippen LogP contribution in [-0.2, 0) is 11.3 Å². The number of urea groups is 1. The normalized spacial score (nSPS) is 14.9. The fourth-order valence-electron chi connectivity index (χ4n) is 4.22. The summed E-state index contributed by atoms with van der Waals surface area (Å²) >= 11 is 0. The van der Waals surface area contributed by atoms with E-state index in [9.17, 15) is 14.0 Å². The van der Waals surface area contributed by atoms with Gasteiger partial charge in [0.1, 0.15) is 5.82 Å². The predicted octanol–water partition coefficient (Wildman–Crippen LogP) is 5.06. The van der Waals surface area contributed by atoms with E-state index in [1.54, 1.807) is 60.8 Å². The van der Waals surface area contributed by atoms with Crippen molar-refractivity contribution in [1.29, 1.82) is 0 Å². The molecule has 1 aromatic heterocycles. The fraction of sp³-hybridized carbons (Fsp3) is 0.103. The second kappa shape index (κ2) is 10.4. The van der Waals surface area contributed by atoms with Crippen molar-refractivity contribution in [2.24, 2.45) is 4.99 Å². The second-order valence-corrected chi connectivity index (χ2v) is 8.59. The molecule has 1 aliphatic heterocycles. The van der Waals surface area contributed by atoms with Crippen molar-refractivity contribution in [3.63, 3.8) is 0 Å². The molecule has 184 valence electrons. The van der Waals surface area contributed by atoms with E-state index in [2.05, 4.69) is 20.6 Å². The van der Waals surface area contributed by atoms with Crippen molar-refractivity contribution in [2.45, 2.75) is 19.6 Å². The fourth-order valence-corrected chi connectivity index (χ4v) is 4.22. The van der Waals surface area contributed by atoms with Crippen molar-refractivity contribution in [3.05, 3.63) is 125 Å². The Morgan fingerprint density at radius 1 is 0.946 bits per heavy atom. The number of carbonyl (C=O) groups is 2. The number of pyridine rings is 1. The molecule has 37 heavy (non-hydrogen) atoms. The average Bonchev–Trinajstić information content (AvgIpc) is 3.00. The lowest BCUT2D eigenvalue weighted by Gasteiger charge is -2.25. The van der Waals surface area contributed by atoms with E-state index in [0.717, 1.165) is 5.56 Å². The molecule has 4 aromatic rings. The molecule has 1 aliphatic rings. The van der Waals surface area contributed by atoms with E-state index in [0.29, 0.717) is 22.6 Å². The van der Waals surface area contributed by atoms with E-state index in [-0.39, 0.29) is 17.8 Å². The van der Waals surface area contributed by atoms with Gasteiger partial charge >= 0.3 is 6.03 Å². The number of halogens is 1. The summed E-state index contributed by atoms with van der Waals surface area (Å²) in [4.78, 5) is 37.3. The van der Waals surface area contributed by atoms with Gasteiger partial charge in [-0.2, -0.15) is 0 Å². The number of amides is 3. The molecule has 3 aromatic carbocycles. The van der Waals surface area contributed by atoms with E-state index in [1.807, 2.05) is 37.3 Å². The summed E-state index contributed by atoms with van der Waals surface area (Å²) < 4.78 is 15.0. The molecule has 0 saturated heterocycles. The number of benzene rings is 3. The van der Waals surface area contributed by atoms with E-state index >= 15 is 0 Å². The molecule has 7 nitrogen and oxygen atoms in total. The van der Waals surface area contributed by atoms with Crippen LogP contribution in [0.5, 0.6) is 0 Å². The lowest BCUT2D eigenvalue weighted by molar-refractivity contribution is -0.120. The Morgan fingerprint density at radius 2 is 1.70 bits per heavy atom. The summed E-state index contributed by atoms with van der Waals surface area (Å²) in [6.45, 7) is 2.06. The third kappa shape index (κ3) is 5.23. The number of hydrogen-bond acceptors (Lipinski definition) is 4. The molecule has 0 aliphatic carbocycles. The van der Waals surface area contributed by atoms with Gasteiger partial charge in [0.2, 0.25) is 6.17 Å². The van der Waals surface area contributed by atoms with Crippen LogP contribution >= 0.6 is 0 Å². The summed E-state index contributed by atoms with van der Waals surface area (Å²) in [6, 6.07) is 25.5. The Kier molecular flexibility index (Phi) is 6.72. The maximum absolute atomic E-state index is 15.0. The summed E-state index contributed by atoms with van der Waals surface area (Å²) in [5.41, 5.74) is 3.82. The highest BCUT2D eigenvalue weighted by atomic mass is 19.1. The van der Waals surface area contributed by atoms with Crippen molar-refractivity contribution < 1.29 is 14.0 Å². The molecule has 5 rings (SSSR count). The predicted molar refractivity (Wildman–Crippen MR) is 141 cm³/mol. The van der Waals surface area contributed by atoms with E-state index < -0.39 is 23.9 Å². The lowest BCUT2D eigenvalue weighted by Crippen LogP contribution is -2.48. The number of aliphatic imine (C=N–C) groups is 1. The number of aryl methyl sites for hydroxylation is 1. The first-order valence-electron chi connectivity index (χ1n) is 11.8. The summed E-state index contributed by atoms with van der Waals surface area (Å²) in [6.07, 6.45) is 0.339. The van der Waals surface area contributed by atoms with Crippen LogP contribution in [0.25, 0.3) is 0 Å². The van der Waals surface area contributed by atoms with Crippen LogP contribution in [0.4, 0.5) is 20.6 Å². The topological polar surface area (TPSA) is 86.7 Å². The average molecular weight is 494 g/mol. The highest BCUT2D eigenvalue weighted by molar-refractivity contribution is 6.20. The van der Waals surface area contributed by atoms with Gasteiger partial charge in [-0.1, -0.05) is 48.5 Å². The first-order chi connectivity index (χ1) is 18.0. The largest absolute Gasteiger partial charge is 0.321 e. The van der Waals surface area contributed by atoms with Gasteiger partial charge in [-0.3, -0.25) is 9.78 Å². The zero-order chi connectivity index (χ0) is 25.8. The van der Waals surface area contributed by atoms with E-state index in [1.165, 1.54) is 11.0 Å². The number of carbonyl (C=O) groups excluding carboxylic acids is 2. The number of anilines is 2. The molecule has 0 bridgehead atoms. The number of rotatable bonds is 5. The van der Waals surface area contributed by atoms with Gasteiger partial charge in [0.25, 0.3) is 5.91 Å². The SMILES string of the molecule is Cc1cccc(NC(=O)NC2N=C(c3ccccc3F)c3ccccc3N(Cc3ccccn3)C2=O)c1. The Labute approximate surface area is 213 Å². The highest BCUT2D eigenvalue weighted by Gasteiger charge is 2.34. The van der Waals surface area contributed by atoms with Crippen LogP contribution in [0.15, 0.2) is 102 Å². The Hall–Kier alpha value is -4.85. The van der Waals surface area contributed by atoms with Gasteiger partial charge in [-0.25, -0.2) is 14.2 Å². The minimum atomic E-state index is -1.31. The molecule has 0 spiro atoms. The minimum absolute atomic E-state index is 0.147. The molecule has 1 unspecified atom stereocenters. The molecule has 0 radical (unpaired) electrons. The highest BCUT2D eigenvalue weighted by Crippen LogP contribution is 2.30. The molecular weight excluding hydrogens is 469 g/mol. The third-order valence-corrected chi connectivity index (χ3v) is 5.93. The number of nitrogens with zero attached hydrogens (tertiary/aromatic N) is 3. The van der Waals surface area contributed by atoms with Crippen LogP contribution in [0.3, 0.4) is 0 Å². The molecule has 8 heteroatoms. The maximum atomic E-state index is 15.0. The van der Waals surface area contributed by atoms with Gasteiger partial charge in [0.05, 0.1) is 23.6 Å².